The van der Waals surface area contributed by atoms with Crippen LogP contribution < -0.4 is 10.1 Å². The third-order valence-corrected chi connectivity index (χ3v) is 4.53. The normalized spacial score (nSPS) is 15.9. The Morgan fingerprint density at radius 2 is 1.92 bits per heavy atom. The lowest BCUT2D eigenvalue weighted by Crippen LogP contribution is -2.19. The highest BCUT2D eigenvalue weighted by molar-refractivity contribution is 9.10. The van der Waals surface area contributed by atoms with E-state index in [9.17, 15) is 4.79 Å². The van der Waals surface area contributed by atoms with Gasteiger partial charge >= 0.3 is 0 Å². The first-order valence-corrected chi connectivity index (χ1v) is 8.98. The maximum Gasteiger partial charge on any atom is 0.236 e. The van der Waals surface area contributed by atoms with Crippen LogP contribution >= 0.6 is 27.7 Å². The second-order valence-corrected chi connectivity index (χ2v) is 6.85. The van der Waals surface area contributed by atoms with E-state index in [1.807, 2.05) is 48.5 Å². The van der Waals surface area contributed by atoms with Crippen molar-refractivity contribution < 1.29 is 9.53 Å². The number of hydrogen-bond donors (Lipinski definition) is 1. The van der Waals surface area contributed by atoms with Crippen LogP contribution in [0, 0.1) is 0 Å². The third kappa shape index (κ3) is 4.94. The van der Waals surface area contributed by atoms with Crippen LogP contribution in [0.25, 0.3) is 0 Å². The number of ether oxygens (including phenoxy) is 1. The van der Waals surface area contributed by atoms with E-state index in [0.717, 1.165) is 21.3 Å². The summed E-state index contributed by atoms with van der Waals surface area (Å²) < 4.78 is 6.80. The van der Waals surface area contributed by atoms with Crippen molar-refractivity contribution in [2.45, 2.75) is 6.61 Å². The molecule has 1 amide bonds. The van der Waals surface area contributed by atoms with E-state index in [1.54, 1.807) is 6.21 Å². The highest BCUT2D eigenvalue weighted by Crippen LogP contribution is 2.15. The monoisotopic (exact) mass is 403 g/mol. The van der Waals surface area contributed by atoms with Gasteiger partial charge in [0.2, 0.25) is 5.91 Å². The van der Waals surface area contributed by atoms with E-state index >= 15 is 0 Å². The molecule has 7 heteroatoms. The second-order valence-electron chi connectivity index (χ2n) is 4.97. The molecule has 0 aromatic heterocycles. The van der Waals surface area contributed by atoms with Crippen molar-refractivity contribution in [2.24, 2.45) is 10.2 Å². The quantitative estimate of drug-likeness (QED) is 0.612. The molecule has 5 nitrogen and oxygen atoms in total. The van der Waals surface area contributed by atoms with Crippen LogP contribution in [0.5, 0.6) is 5.75 Å². The molecule has 0 bridgehead atoms. The molecule has 1 fully saturated rings. The summed E-state index contributed by atoms with van der Waals surface area (Å²) in [5.74, 6) is 1.15. The zero-order valence-corrected chi connectivity index (χ0v) is 15.0. The Bertz CT molecular complexity index is 773. The van der Waals surface area contributed by atoms with Crippen LogP contribution in [0.4, 0.5) is 0 Å². The number of nitrogens with one attached hydrogen (secondary N) is 1. The highest BCUT2D eigenvalue weighted by Gasteiger charge is 2.15. The van der Waals surface area contributed by atoms with Crippen LogP contribution in [-0.2, 0) is 11.4 Å². The number of carbonyl (C=O) groups is 1. The van der Waals surface area contributed by atoms with Crippen molar-refractivity contribution in [3.63, 3.8) is 0 Å². The molecular formula is C17H14BrN3O2S. The van der Waals surface area contributed by atoms with Gasteiger partial charge in [0.1, 0.15) is 12.4 Å². The molecule has 24 heavy (non-hydrogen) atoms. The van der Waals surface area contributed by atoms with E-state index in [1.165, 1.54) is 11.8 Å². The number of thioether (sulfide) groups is 1. The number of nitrogens with zero attached hydrogens (tertiary/aromatic N) is 2. The first-order valence-electron chi connectivity index (χ1n) is 7.20. The van der Waals surface area contributed by atoms with Crippen LogP contribution in [0.15, 0.2) is 63.2 Å². The fourth-order valence-corrected chi connectivity index (χ4v) is 2.82. The zero-order chi connectivity index (χ0) is 16.8. The standard InChI is InChI=1S/C17H14BrN3O2S/c18-14-5-1-13(2-6-14)10-23-15-7-3-12(4-8-15)9-19-21-17-20-16(22)11-24-17/h1-9H,10-11H2,(H,20,21,22). The molecule has 1 heterocycles. The first kappa shape index (κ1) is 16.7. The lowest BCUT2D eigenvalue weighted by atomic mass is 10.2. The van der Waals surface area contributed by atoms with Gasteiger partial charge in [0.05, 0.1) is 12.0 Å². The van der Waals surface area contributed by atoms with Gasteiger partial charge in [-0.05, 0) is 47.5 Å². The van der Waals surface area contributed by atoms with E-state index in [4.69, 9.17) is 4.74 Å². The summed E-state index contributed by atoms with van der Waals surface area (Å²) in [6.07, 6.45) is 1.64. The summed E-state index contributed by atoms with van der Waals surface area (Å²) in [6, 6.07) is 15.6. The largest absolute Gasteiger partial charge is 0.489 e. The van der Waals surface area contributed by atoms with Crippen LogP contribution in [-0.4, -0.2) is 23.0 Å². The molecule has 3 rings (SSSR count). The molecule has 0 radical (unpaired) electrons. The average Bonchev–Trinajstić information content (AvgIpc) is 3.01. The Morgan fingerprint density at radius 1 is 1.17 bits per heavy atom. The van der Waals surface area contributed by atoms with Crippen molar-refractivity contribution in [1.82, 2.24) is 5.32 Å². The number of benzene rings is 2. The molecule has 0 unspecified atom stereocenters. The SMILES string of the molecule is O=C1CS/C(=N\N=Cc2ccc(OCc3ccc(Br)cc3)cc2)N1. The molecule has 0 saturated carbocycles. The molecule has 1 saturated heterocycles. The lowest BCUT2D eigenvalue weighted by molar-refractivity contribution is -0.116. The first-order chi connectivity index (χ1) is 11.7. The summed E-state index contributed by atoms with van der Waals surface area (Å²) in [5, 5.41) is 11.1. The van der Waals surface area contributed by atoms with Gasteiger partial charge in [-0.3, -0.25) is 4.79 Å². The summed E-state index contributed by atoms with van der Waals surface area (Å²) in [5.41, 5.74) is 2.01. The van der Waals surface area contributed by atoms with Gasteiger partial charge in [0.25, 0.3) is 0 Å². The molecule has 1 aliphatic rings. The van der Waals surface area contributed by atoms with Crippen molar-refractivity contribution in [2.75, 3.05) is 5.75 Å². The fraction of sp³-hybridized carbons (Fsp3) is 0.118. The molecule has 1 N–H and O–H groups in total. The summed E-state index contributed by atoms with van der Waals surface area (Å²) in [7, 11) is 0. The van der Waals surface area contributed by atoms with E-state index in [2.05, 4.69) is 31.4 Å². The number of amidine groups is 1. The van der Waals surface area contributed by atoms with Gasteiger partial charge in [-0.15, -0.1) is 5.10 Å². The van der Waals surface area contributed by atoms with Gasteiger partial charge in [-0.2, -0.15) is 5.10 Å². The van der Waals surface area contributed by atoms with Crippen molar-refractivity contribution in [3.8, 4) is 5.75 Å². The molecule has 2 aromatic carbocycles. The second kappa shape index (κ2) is 8.12. The minimum atomic E-state index is -0.0405. The molecule has 0 atom stereocenters. The summed E-state index contributed by atoms with van der Waals surface area (Å²) >= 11 is 4.76. The number of amides is 1. The molecule has 0 spiro atoms. The van der Waals surface area contributed by atoms with Gasteiger partial charge in [0.15, 0.2) is 5.17 Å². The Balaban J connectivity index is 1.53. The Kier molecular flexibility index (Phi) is 5.66. The Labute approximate surface area is 152 Å². The maximum atomic E-state index is 11.0. The smallest absolute Gasteiger partial charge is 0.236 e. The number of hydrogen-bond acceptors (Lipinski definition) is 5. The lowest BCUT2D eigenvalue weighted by Gasteiger charge is -2.06. The number of halogens is 1. The van der Waals surface area contributed by atoms with Gasteiger partial charge in [-0.25, -0.2) is 0 Å². The summed E-state index contributed by atoms with van der Waals surface area (Å²) in [4.78, 5) is 11.0. The molecule has 1 aliphatic heterocycles. The summed E-state index contributed by atoms with van der Waals surface area (Å²) in [6.45, 7) is 0.519. The van der Waals surface area contributed by atoms with E-state index < -0.39 is 0 Å². The molecule has 0 aliphatic carbocycles. The average molecular weight is 404 g/mol. The van der Waals surface area contributed by atoms with Crippen molar-refractivity contribution in [3.05, 3.63) is 64.1 Å². The van der Waals surface area contributed by atoms with Crippen LogP contribution in [0.3, 0.4) is 0 Å². The number of carbonyl (C=O) groups excluding carboxylic acids is 1. The topological polar surface area (TPSA) is 63.0 Å². The van der Waals surface area contributed by atoms with Gasteiger partial charge < -0.3 is 10.1 Å². The highest BCUT2D eigenvalue weighted by atomic mass is 79.9. The Morgan fingerprint density at radius 3 is 2.58 bits per heavy atom. The predicted octanol–water partition coefficient (Wildman–Crippen LogP) is 3.58. The van der Waals surface area contributed by atoms with E-state index in [-0.39, 0.29) is 5.91 Å². The van der Waals surface area contributed by atoms with Crippen molar-refractivity contribution >= 4 is 45.0 Å². The third-order valence-electron chi connectivity index (χ3n) is 3.14. The minimum Gasteiger partial charge on any atom is -0.489 e. The van der Waals surface area contributed by atoms with Crippen LogP contribution in [0.2, 0.25) is 0 Å². The van der Waals surface area contributed by atoms with Gasteiger partial charge in [0, 0.05) is 4.47 Å². The minimum absolute atomic E-state index is 0.0405. The van der Waals surface area contributed by atoms with E-state index in [0.29, 0.717) is 17.5 Å². The molecule has 2 aromatic rings. The Hall–Kier alpha value is -2.12. The predicted molar refractivity (Wildman–Crippen MR) is 101 cm³/mol. The van der Waals surface area contributed by atoms with Gasteiger partial charge in [-0.1, -0.05) is 39.8 Å². The molecular weight excluding hydrogens is 390 g/mol. The number of rotatable bonds is 5. The zero-order valence-electron chi connectivity index (χ0n) is 12.6. The maximum absolute atomic E-state index is 11.0. The fourth-order valence-electron chi connectivity index (χ4n) is 1.92. The molecule has 122 valence electrons. The van der Waals surface area contributed by atoms with Crippen LogP contribution in [0.1, 0.15) is 11.1 Å². The van der Waals surface area contributed by atoms with Crippen molar-refractivity contribution in [1.29, 1.82) is 0 Å².